The number of aromatic amines is 1. The second-order valence-corrected chi connectivity index (χ2v) is 6.19. The van der Waals surface area contributed by atoms with Crippen molar-refractivity contribution in [1.29, 1.82) is 0 Å². The maximum Gasteiger partial charge on any atom is 0.303 e. The van der Waals surface area contributed by atoms with Gasteiger partial charge in [0.1, 0.15) is 0 Å². The average Bonchev–Trinajstić information content (AvgIpc) is 2.64. The maximum atomic E-state index is 12.7. The summed E-state index contributed by atoms with van der Waals surface area (Å²) in [7, 11) is 0. The van der Waals surface area contributed by atoms with Crippen molar-refractivity contribution < 1.29 is 14.7 Å². The normalized spacial score (nSPS) is 10.9. The van der Waals surface area contributed by atoms with Crippen molar-refractivity contribution in [3.05, 3.63) is 58.3 Å². The van der Waals surface area contributed by atoms with E-state index in [9.17, 15) is 14.4 Å². The minimum atomic E-state index is -0.805. The predicted octanol–water partition coefficient (Wildman–Crippen LogP) is 3.06. The van der Waals surface area contributed by atoms with E-state index in [1.165, 1.54) is 0 Å². The number of hydrogen-bond acceptors (Lipinski definition) is 3. The highest BCUT2D eigenvalue weighted by Gasteiger charge is 2.13. The summed E-state index contributed by atoms with van der Waals surface area (Å²) in [5.74, 6) is -1.05. The molecule has 0 aliphatic rings. The van der Waals surface area contributed by atoms with Gasteiger partial charge in [0, 0.05) is 29.3 Å². The van der Waals surface area contributed by atoms with Crippen molar-refractivity contribution in [2.45, 2.75) is 25.7 Å². The number of pyridine rings is 1. The molecule has 0 aliphatic carbocycles. The SMILES string of the molecule is O=C(O)CCCCCNC(=O)c1cccc2c(=O)c3ccccc3[nH]c12. The molecule has 1 amide bonds. The fourth-order valence-corrected chi connectivity index (χ4v) is 3.01. The molecule has 0 unspecified atom stereocenters. The summed E-state index contributed by atoms with van der Waals surface area (Å²) in [6.45, 7) is 0.465. The van der Waals surface area contributed by atoms with Gasteiger partial charge >= 0.3 is 5.97 Å². The summed E-state index contributed by atoms with van der Waals surface area (Å²) in [5.41, 5.74) is 1.55. The van der Waals surface area contributed by atoms with Gasteiger partial charge in [-0.15, -0.1) is 0 Å². The molecule has 1 aromatic heterocycles. The Labute approximate surface area is 149 Å². The van der Waals surface area contributed by atoms with E-state index in [-0.39, 0.29) is 17.8 Å². The minimum Gasteiger partial charge on any atom is -0.481 e. The number of carboxylic acid groups (broad SMARTS) is 1. The Hall–Kier alpha value is -3.15. The van der Waals surface area contributed by atoms with Crippen LogP contribution in [0.25, 0.3) is 21.8 Å². The Bertz CT molecular complexity index is 1020. The molecule has 3 N–H and O–H groups in total. The number of amides is 1. The number of fused-ring (bicyclic) bond motifs is 2. The molecule has 3 rings (SSSR count). The number of hydrogen-bond donors (Lipinski definition) is 3. The summed E-state index contributed by atoms with van der Waals surface area (Å²) in [6, 6.07) is 12.3. The zero-order valence-electron chi connectivity index (χ0n) is 14.2. The third kappa shape index (κ3) is 3.74. The Kier molecular flexibility index (Phi) is 5.31. The fourth-order valence-electron chi connectivity index (χ4n) is 3.01. The zero-order chi connectivity index (χ0) is 18.5. The van der Waals surface area contributed by atoms with Crippen molar-refractivity contribution in [3.63, 3.8) is 0 Å². The Balaban J connectivity index is 1.78. The van der Waals surface area contributed by atoms with Gasteiger partial charge in [-0.3, -0.25) is 14.4 Å². The maximum absolute atomic E-state index is 12.7. The first-order valence-corrected chi connectivity index (χ1v) is 8.61. The zero-order valence-corrected chi connectivity index (χ0v) is 14.2. The molecule has 0 saturated heterocycles. The van der Waals surface area contributed by atoms with Gasteiger partial charge in [-0.25, -0.2) is 0 Å². The van der Waals surface area contributed by atoms with Crippen LogP contribution in [0.3, 0.4) is 0 Å². The molecule has 1 heterocycles. The monoisotopic (exact) mass is 352 g/mol. The number of carbonyl (C=O) groups excluding carboxylic acids is 1. The van der Waals surface area contributed by atoms with Crippen LogP contribution in [0.5, 0.6) is 0 Å². The van der Waals surface area contributed by atoms with Crippen molar-refractivity contribution in [2.75, 3.05) is 6.54 Å². The van der Waals surface area contributed by atoms with Gasteiger partial charge in [-0.2, -0.15) is 0 Å². The van der Waals surface area contributed by atoms with Crippen LogP contribution >= 0.6 is 0 Å². The van der Waals surface area contributed by atoms with E-state index in [4.69, 9.17) is 5.11 Å². The summed E-state index contributed by atoms with van der Waals surface area (Å²) in [5, 5.41) is 12.5. The topological polar surface area (TPSA) is 99.3 Å². The molecule has 0 spiro atoms. The molecular formula is C20H20N2O4. The Morgan fingerprint density at radius 1 is 0.962 bits per heavy atom. The van der Waals surface area contributed by atoms with Crippen molar-refractivity contribution >= 4 is 33.7 Å². The molecular weight excluding hydrogens is 332 g/mol. The van der Waals surface area contributed by atoms with Crippen molar-refractivity contribution in [1.82, 2.24) is 10.3 Å². The van der Waals surface area contributed by atoms with Gasteiger partial charge in [0.15, 0.2) is 5.43 Å². The van der Waals surface area contributed by atoms with Crippen LogP contribution in [0.4, 0.5) is 0 Å². The molecule has 134 valence electrons. The first kappa shape index (κ1) is 17.7. The molecule has 0 radical (unpaired) electrons. The second kappa shape index (κ2) is 7.82. The first-order valence-electron chi connectivity index (χ1n) is 8.61. The first-order chi connectivity index (χ1) is 12.6. The lowest BCUT2D eigenvalue weighted by Gasteiger charge is -2.09. The number of rotatable bonds is 7. The van der Waals surface area contributed by atoms with Gasteiger partial charge < -0.3 is 15.4 Å². The number of aromatic nitrogens is 1. The lowest BCUT2D eigenvalue weighted by atomic mass is 10.1. The number of carbonyl (C=O) groups is 2. The van der Waals surface area contributed by atoms with E-state index in [1.54, 1.807) is 24.3 Å². The molecule has 2 aromatic carbocycles. The van der Waals surface area contributed by atoms with Crippen LogP contribution in [-0.2, 0) is 4.79 Å². The lowest BCUT2D eigenvalue weighted by molar-refractivity contribution is -0.137. The molecule has 6 heteroatoms. The van der Waals surface area contributed by atoms with Crippen LogP contribution in [0.15, 0.2) is 47.3 Å². The number of benzene rings is 2. The van der Waals surface area contributed by atoms with E-state index in [0.717, 1.165) is 6.42 Å². The van der Waals surface area contributed by atoms with E-state index in [1.807, 2.05) is 18.2 Å². The molecule has 0 aliphatic heterocycles. The van der Waals surface area contributed by atoms with Gasteiger partial charge in [0.2, 0.25) is 0 Å². The molecule has 0 saturated carbocycles. The number of carboxylic acids is 1. The van der Waals surface area contributed by atoms with Crippen LogP contribution in [-0.4, -0.2) is 28.5 Å². The molecule has 0 fully saturated rings. The molecule has 0 bridgehead atoms. The third-order valence-corrected chi connectivity index (χ3v) is 4.34. The Morgan fingerprint density at radius 2 is 1.73 bits per heavy atom. The van der Waals surface area contributed by atoms with Crippen LogP contribution in [0, 0.1) is 0 Å². The van der Waals surface area contributed by atoms with E-state index < -0.39 is 5.97 Å². The van der Waals surface area contributed by atoms with E-state index in [0.29, 0.717) is 46.8 Å². The molecule has 3 aromatic rings. The summed E-state index contributed by atoms with van der Waals surface area (Å²) in [6.07, 6.45) is 2.19. The highest BCUT2D eigenvalue weighted by molar-refractivity contribution is 6.07. The highest BCUT2D eigenvalue weighted by atomic mass is 16.4. The summed E-state index contributed by atoms with van der Waals surface area (Å²) < 4.78 is 0. The molecule has 0 atom stereocenters. The number of H-pyrrole nitrogens is 1. The van der Waals surface area contributed by atoms with E-state index in [2.05, 4.69) is 10.3 Å². The fraction of sp³-hybridized carbons (Fsp3) is 0.250. The molecule has 6 nitrogen and oxygen atoms in total. The second-order valence-electron chi connectivity index (χ2n) is 6.19. The van der Waals surface area contributed by atoms with Gasteiger partial charge in [0.05, 0.1) is 11.1 Å². The third-order valence-electron chi connectivity index (χ3n) is 4.34. The molecule has 26 heavy (non-hydrogen) atoms. The largest absolute Gasteiger partial charge is 0.481 e. The summed E-state index contributed by atoms with van der Waals surface area (Å²) >= 11 is 0. The van der Waals surface area contributed by atoms with Crippen molar-refractivity contribution in [2.24, 2.45) is 0 Å². The van der Waals surface area contributed by atoms with E-state index >= 15 is 0 Å². The standard InChI is InChI=1S/C20H20N2O4/c23-17(24)11-2-1-5-12-21-20(26)15-9-6-8-14-18(15)22-16-10-4-3-7-13(16)19(14)25/h3-4,6-10H,1-2,5,11-12H2,(H,21,26)(H,22,25)(H,23,24). The van der Waals surface area contributed by atoms with Gasteiger partial charge in [-0.1, -0.05) is 24.6 Å². The van der Waals surface area contributed by atoms with Gasteiger partial charge in [0.25, 0.3) is 5.91 Å². The predicted molar refractivity (Wildman–Crippen MR) is 101 cm³/mol. The number of unbranched alkanes of at least 4 members (excludes halogenated alkanes) is 2. The van der Waals surface area contributed by atoms with Crippen LogP contribution < -0.4 is 10.7 Å². The van der Waals surface area contributed by atoms with Crippen LogP contribution in [0.1, 0.15) is 36.0 Å². The number of para-hydroxylation sites is 2. The highest BCUT2D eigenvalue weighted by Crippen LogP contribution is 2.18. The summed E-state index contributed by atoms with van der Waals surface area (Å²) in [4.78, 5) is 38.8. The van der Waals surface area contributed by atoms with Crippen molar-refractivity contribution in [3.8, 4) is 0 Å². The van der Waals surface area contributed by atoms with Gasteiger partial charge in [-0.05, 0) is 37.1 Å². The lowest BCUT2D eigenvalue weighted by Crippen LogP contribution is -2.25. The average molecular weight is 352 g/mol. The number of aliphatic carboxylic acids is 1. The quantitative estimate of drug-likeness (QED) is 0.449. The Morgan fingerprint density at radius 3 is 2.54 bits per heavy atom. The minimum absolute atomic E-state index is 0.0994. The number of nitrogens with one attached hydrogen (secondary N) is 2. The van der Waals surface area contributed by atoms with Crippen LogP contribution in [0.2, 0.25) is 0 Å². The smallest absolute Gasteiger partial charge is 0.303 e.